The van der Waals surface area contributed by atoms with Crippen LogP contribution in [0.15, 0.2) is 12.4 Å². The van der Waals surface area contributed by atoms with Gasteiger partial charge in [0.15, 0.2) is 0 Å². The van der Waals surface area contributed by atoms with Gasteiger partial charge in [0.2, 0.25) is 5.91 Å². The summed E-state index contributed by atoms with van der Waals surface area (Å²) in [5.74, 6) is 0.361. The monoisotopic (exact) mass is 214 g/mol. The summed E-state index contributed by atoms with van der Waals surface area (Å²) in [5.41, 5.74) is 0. The molecule has 0 spiro atoms. The number of likely N-dealkylation sites (N-methyl/N-ethyl adjacent to an activating group) is 1. The van der Waals surface area contributed by atoms with Crippen molar-refractivity contribution in [1.29, 1.82) is 0 Å². The molecule has 0 fully saturated rings. The summed E-state index contributed by atoms with van der Waals surface area (Å²) in [6, 6.07) is -0.368. The molecule has 1 aromatic heterocycles. The SMILES string of the molecule is CNC(=O)[C@H](C)Nc1cncc(Cl)n1. The van der Waals surface area contributed by atoms with E-state index in [-0.39, 0.29) is 11.9 Å². The van der Waals surface area contributed by atoms with Crippen molar-refractivity contribution in [3.63, 3.8) is 0 Å². The number of carbonyl (C=O) groups is 1. The Morgan fingerprint density at radius 2 is 2.29 bits per heavy atom. The summed E-state index contributed by atoms with van der Waals surface area (Å²) in [6.07, 6.45) is 2.93. The van der Waals surface area contributed by atoms with Gasteiger partial charge in [0, 0.05) is 7.05 Å². The molecule has 1 aromatic rings. The minimum Gasteiger partial charge on any atom is -0.357 e. The maximum absolute atomic E-state index is 11.1. The number of nitrogens with zero attached hydrogens (tertiary/aromatic N) is 2. The fraction of sp³-hybridized carbons (Fsp3) is 0.375. The van der Waals surface area contributed by atoms with Crippen molar-refractivity contribution in [3.8, 4) is 0 Å². The Hall–Kier alpha value is -1.36. The second-order valence-electron chi connectivity index (χ2n) is 2.71. The van der Waals surface area contributed by atoms with Crippen molar-refractivity contribution in [1.82, 2.24) is 15.3 Å². The van der Waals surface area contributed by atoms with E-state index in [0.29, 0.717) is 11.0 Å². The average molecular weight is 215 g/mol. The number of halogens is 1. The summed E-state index contributed by atoms with van der Waals surface area (Å²) in [7, 11) is 1.57. The van der Waals surface area contributed by atoms with Crippen LogP contribution in [-0.4, -0.2) is 29.0 Å². The molecule has 1 amide bonds. The van der Waals surface area contributed by atoms with Crippen LogP contribution in [0.2, 0.25) is 5.15 Å². The van der Waals surface area contributed by atoms with Crippen LogP contribution in [0, 0.1) is 0 Å². The molecule has 0 aliphatic heterocycles. The number of amides is 1. The van der Waals surface area contributed by atoms with Crippen LogP contribution in [0.25, 0.3) is 0 Å². The minimum atomic E-state index is -0.368. The zero-order valence-electron chi connectivity index (χ0n) is 7.91. The number of carbonyl (C=O) groups excluding carboxylic acids is 1. The highest BCUT2D eigenvalue weighted by atomic mass is 35.5. The van der Waals surface area contributed by atoms with E-state index in [1.807, 2.05) is 0 Å². The molecule has 0 aliphatic carbocycles. The van der Waals surface area contributed by atoms with Crippen molar-refractivity contribution < 1.29 is 4.79 Å². The second kappa shape index (κ2) is 4.76. The molecule has 1 atom stereocenters. The Kier molecular flexibility index (Phi) is 3.64. The van der Waals surface area contributed by atoms with Gasteiger partial charge in [-0.3, -0.25) is 9.78 Å². The van der Waals surface area contributed by atoms with Crippen molar-refractivity contribution >= 4 is 23.3 Å². The fourth-order valence-electron chi connectivity index (χ4n) is 0.916. The summed E-state index contributed by atoms with van der Waals surface area (Å²) in [6.45, 7) is 1.72. The van der Waals surface area contributed by atoms with E-state index < -0.39 is 0 Å². The first-order valence-electron chi connectivity index (χ1n) is 4.09. The van der Waals surface area contributed by atoms with Gasteiger partial charge in [0.1, 0.15) is 17.0 Å². The van der Waals surface area contributed by atoms with E-state index in [1.54, 1.807) is 14.0 Å². The highest BCUT2D eigenvalue weighted by molar-refractivity contribution is 6.29. The third-order valence-corrected chi connectivity index (χ3v) is 1.79. The molecule has 1 rings (SSSR count). The third kappa shape index (κ3) is 2.85. The number of nitrogens with one attached hydrogen (secondary N) is 2. The van der Waals surface area contributed by atoms with Crippen LogP contribution in [-0.2, 0) is 4.79 Å². The summed E-state index contributed by atoms with van der Waals surface area (Å²) in [4.78, 5) is 18.9. The second-order valence-corrected chi connectivity index (χ2v) is 3.09. The summed E-state index contributed by atoms with van der Waals surface area (Å²) >= 11 is 5.63. The summed E-state index contributed by atoms with van der Waals surface area (Å²) < 4.78 is 0. The van der Waals surface area contributed by atoms with Gasteiger partial charge in [-0.15, -0.1) is 0 Å². The molecule has 0 bridgehead atoms. The van der Waals surface area contributed by atoms with Crippen LogP contribution < -0.4 is 10.6 Å². The molecule has 2 N–H and O–H groups in total. The maximum atomic E-state index is 11.1. The van der Waals surface area contributed by atoms with Gasteiger partial charge >= 0.3 is 0 Å². The van der Waals surface area contributed by atoms with Crippen LogP contribution >= 0.6 is 11.6 Å². The first-order chi connectivity index (χ1) is 6.63. The normalized spacial score (nSPS) is 11.9. The Labute approximate surface area is 86.9 Å². The molecule has 0 aromatic carbocycles. The quantitative estimate of drug-likeness (QED) is 0.777. The molecule has 14 heavy (non-hydrogen) atoms. The molecular formula is C8H11ClN4O. The third-order valence-electron chi connectivity index (χ3n) is 1.61. The fourth-order valence-corrected chi connectivity index (χ4v) is 1.06. The van der Waals surface area contributed by atoms with E-state index in [9.17, 15) is 4.79 Å². The predicted molar refractivity (Wildman–Crippen MR) is 54.2 cm³/mol. The molecule has 0 radical (unpaired) electrons. The molecule has 6 heteroatoms. The Balaban J connectivity index is 2.64. The lowest BCUT2D eigenvalue weighted by Crippen LogP contribution is -2.35. The molecule has 5 nitrogen and oxygen atoms in total. The number of anilines is 1. The molecule has 1 heterocycles. The smallest absolute Gasteiger partial charge is 0.241 e. The number of rotatable bonds is 3. The first kappa shape index (κ1) is 10.7. The van der Waals surface area contributed by atoms with Gasteiger partial charge in [-0.1, -0.05) is 11.6 Å². The Bertz CT molecular complexity index is 331. The van der Waals surface area contributed by atoms with Gasteiger partial charge in [-0.05, 0) is 6.92 Å². The zero-order chi connectivity index (χ0) is 10.6. The van der Waals surface area contributed by atoms with Gasteiger partial charge in [0.25, 0.3) is 0 Å². The van der Waals surface area contributed by atoms with Crippen molar-refractivity contribution in [3.05, 3.63) is 17.5 Å². The van der Waals surface area contributed by atoms with Crippen LogP contribution in [0.1, 0.15) is 6.92 Å². The van der Waals surface area contributed by atoms with Gasteiger partial charge in [-0.2, -0.15) is 0 Å². The van der Waals surface area contributed by atoms with Crippen molar-refractivity contribution in [2.45, 2.75) is 13.0 Å². The van der Waals surface area contributed by atoms with Crippen molar-refractivity contribution in [2.75, 3.05) is 12.4 Å². The van der Waals surface area contributed by atoms with Gasteiger partial charge < -0.3 is 10.6 Å². The van der Waals surface area contributed by atoms with Gasteiger partial charge in [0.05, 0.1) is 12.4 Å². The number of hydrogen-bond acceptors (Lipinski definition) is 4. The maximum Gasteiger partial charge on any atom is 0.241 e. The molecule has 0 saturated heterocycles. The van der Waals surface area contributed by atoms with Crippen LogP contribution in [0.5, 0.6) is 0 Å². The van der Waals surface area contributed by atoms with Gasteiger partial charge in [-0.25, -0.2) is 4.98 Å². The minimum absolute atomic E-state index is 0.119. The lowest BCUT2D eigenvalue weighted by Gasteiger charge is -2.12. The molecule has 0 aliphatic rings. The Morgan fingerprint density at radius 1 is 1.57 bits per heavy atom. The van der Waals surface area contributed by atoms with E-state index >= 15 is 0 Å². The van der Waals surface area contributed by atoms with E-state index in [4.69, 9.17) is 11.6 Å². The van der Waals surface area contributed by atoms with Crippen LogP contribution in [0.3, 0.4) is 0 Å². The molecular weight excluding hydrogens is 204 g/mol. The van der Waals surface area contributed by atoms with E-state index in [0.717, 1.165) is 0 Å². The molecule has 0 saturated carbocycles. The Morgan fingerprint density at radius 3 is 2.86 bits per heavy atom. The van der Waals surface area contributed by atoms with E-state index in [2.05, 4.69) is 20.6 Å². The zero-order valence-corrected chi connectivity index (χ0v) is 8.67. The molecule has 0 unspecified atom stereocenters. The van der Waals surface area contributed by atoms with E-state index in [1.165, 1.54) is 12.4 Å². The largest absolute Gasteiger partial charge is 0.357 e. The predicted octanol–water partition coefficient (Wildman–Crippen LogP) is 0.676. The average Bonchev–Trinajstić information content (AvgIpc) is 2.16. The lowest BCUT2D eigenvalue weighted by atomic mass is 10.3. The molecule has 76 valence electrons. The highest BCUT2D eigenvalue weighted by Crippen LogP contribution is 2.07. The lowest BCUT2D eigenvalue weighted by molar-refractivity contribution is -0.121. The number of hydrogen-bond donors (Lipinski definition) is 2. The standard InChI is InChI=1S/C8H11ClN4O/c1-5(8(14)10-2)12-7-4-11-3-6(9)13-7/h3-5H,1-2H3,(H,10,14)(H,12,13)/t5-/m0/s1. The number of aromatic nitrogens is 2. The van der Waals surface area contributed by atoms with Crippen LogP contribution in [0.4, 0.5) is 5.82 Å². The van der Waals surface area contributed by atoms with Crippen molar-refractivity contribution in [2.24, 2.45) is 0 Å². The highest BCUT2D eigenvalue weighted by Gasteiger charge is 2.10. The first-order valence-corrected chi connectivity index (χ1v) is 4.47. The summed E-state index contributed by atoms with van der Waals surface area (Å²) in [5, 5.41) is 5.67. The topological polar surface area (TPSA) is 66.9 Å².